The summed E-state index contributed by atoms with van der Waals surface area (Å²) in [5.41, 5.74) is -0.265. The van der Waals surface area contributed by atoms with Gasteiger partial charge in [0.05, 0.1) is 11.6 Å². The molecule has 0 aromatic heterocycles. The zero-order chi connectivity index (χ0) is 12.3. The molecule has 0 aliphatic heterocycles. The predicted octanol–water partition coefficient (Wildman–Crippen LogP) is 1.93. The molecule has 0 fully saturated rings. The SMILES string of the molecule is CCOC(=O)C(=O)c1cc(F)c(O)c(Cl)c1. The minimum Gasteiger partial charge on any atom is -0.504 e. The summed E-state index contributed by atoms with van der Waals surface area (Å²) in [6.45, 7) is 1.58. The first-order valence-corrected chi connectivity index (χ1v) is 4.74. The number of carbonyl (C=O) groups is 2. The van der Waals surface area contributed by atoms with Crippen molar-refractivity contribution in [2.24, 2.45) is 0 Å². The highest BCUT2D eigenvalue weighted by Crippen LogP contribution is 2.27. The molecule has 1 N–H and O–H groups in total. The summed E-state index contributed by atoms with van der Waals surface area (Å²) in [5, 5.41) is 8.68. The van der Waals surface area contributed by atoms with E-state index in [-0.39, 0.29) is 17.2 Å². The van der Waals surface area contributed by atoms with Crippen molar-refractivity contribution in [1.82, 2.24) is 0 Å². The number of benzene rings is 1. The Morgan fingerprint density at radius 2 is 2.12 bits per heavy atom. The van der Waals surface area contributed by atoms with Gasteiger partial charge in [-0.05, 0) is 19.1 Å². The lowest BCUT2D eigenvalue weighted by Crippen LogP contribution is -2.17. The predicted molar refractivity (Wildman–Crippen MR) is 54.0 cm³/mol. The number of phenols is 1. The van der Waals surface area contributed by atoms with Crippen molar-refractivity contribution < 1.29 is 23.8 Å². The summed E-state index contributed by atoms with van der Waals surface area (Å²) >= 11 is 5.45. The molecular formula is C10H8ClFO4. The minimum atomic E-state index is -1.09. The van der Waals surface area contributed by atoms with Gasteiger partial charge < -0.3 is 9.84 Å². The number of ketones is 1. The van der Waals surface area contributed by atoms with Gasteiger partial charge in [0.1, 0.15) is 0 Å². The van der Waals surface area contributed by atoms with Gasteiger partial charge in [-0.2, -0.15) is 0 Å². The molecule has 1 rings (SSSR count). The summed E-state index contributed by atoms with van der Waals surface area (Å²) in [4.78, 5) is 22.4. The third kappa shape index (κ3) is 2.49. The van der Waals surface area contributed by atoms with E-state index >= 15 is 0 Å². The van der Waals surface area contributed by atoms with Crippen LogP contribution in [0.2, 0.25) is 5.02 Å². The summed E-state index contributed by atoms with van der Waals surface area (Å²) in [5.74, 6) is -3.94. The van der Waals surface area contributed by atoms with Crippen LogP contribution in [0.4, 0.5) is 4.39 Å². The Kier molecular flexibility index (Phi) is 3.84. The zero-order valence-corrected chi connectivity index (χ0v) is 9.05. The third-order valence-electron chi connectivity index (χ3n) is 1.74. The maximum absolute atomic E-state index is 13.0. The molecule has 0 bridgehead atoms. The Bertz CT molecular complexity index is 421. The maximum atomic E-state index is 13.0. The second-order valence-corrected chi connectivity index (χ2v) is 3.25. The van der Waals surface area contributed by atoms with E-state index in [1.807, 2.05) is 0 Å². The fraction of sp³-hybridized carbons (Fsp3) is 0.200. The van der Waals surface area contributed by atoms with Crippen LogP contribution in [0.25, 0.3) is 0 Å². The van der Waals surface area contributed by atoms with Crippen molar-refractivity contribution >= 4 is 23.4 Å². The van der Waals surface area contributed by atoms with E-state index in [0.717, 1.165) is 12.1 Å². The largest absolute Gasteiger partial charge is 0.504 e. The van der Waals surface area contributed by atoms with E-state index in [4.69, 9.17) is 16.7 Å². The summed E-state index contributed by atoms with van der Waals surface area (Å²) in [6.07, 6.45) is 0. The van der Waals surface area contributed by atoms with Crippen LogP contribution in [0.5, 0.6) is 5.75 Å². The zero-order valence-electron chi connectivity index (χ0n) is 8.29. The van der Waals surface area contributed by atoms with Gasteiger partial charge in [-0.25, -0.2) is 9.18 Å². The molecule has 0 spiro atoms. The molecule has 0 aliphatic rings. The molecule has 1 aromatic rings. The molecule has 0 aliphatic carbocycles. The fourth-order valence-corrected chi connectivity index (χ4v) is 1.22. The number of hydrogen-bond acceptors (Lipinski definition) is 4. The average molecular weight is 247 g/mol. The number of aromatic hydroxyl groups is 1. The van der Waals surface area contributed by atoms with E-state index < -0.39 is 23.3 Å². The standard InChI is InChI=1S/C10H8ClFO4/c1-2-16-10(15)8(13)5-3-6(11)9(14)7(12)4-5/h3-4,14H,2H2,1H3. The minimum absolute atomic E-state index is 0.0405. The van der Waals surface area contributed by atoms with E-state index in [1.165, 1.54) is 6.92 Å². The molecule has 0 heterocycles. The Morgan fingerprint density at radius 3 is 2.62 bits per heavy atom. The van der Waals surface area contributed by atoms with Crippen LogP contribution < -0.4 is 0 Å². The first kappa shape index (κ1) is 12.4. The maximum Gasteiger partial charge on any atom is 0.379 e. The highest BCUT2D eigenvalue weighted by atomic mass is 35.5. The average Bonchev–Trinajstić information content (AvgIpc) is 2.24. The van der Waals surface area contributed by atoms with E-state index in [0.29, 0.717) is 0 Å². The van der Waals surface area contributed by atoms with Crippen LogP contribution in [-0.4, -0.2) is 23.5 Å². The molecule has 0 radical (unpaired) electrons. The molecule has 0 saturated carbocycles. The smallest absolute Gasteiger partial charge is 0.379 e. The number of Topliss-reactive ketones (excluding diaryl/α,β-unsaturated/α-hetero) is 1. The van der Waals surface area contributed by atoms with Crippen molar-refractivity contribution in [1.29, 1.82) is 0 Å². The van der Waals surface area contributed by atoms with E-state index in [9.17, 15) is 14.0 Å². The summed E-state index contributed by atoms with van der Waals surface area (Å²) in [6, 6.07) is 1.72. The van der Waals surface area contributed by atoms with Gasteiger partial charge in [0.25, 0.3) is 5.78 Å². The van der Waals surface area contributed by atoms with Crippen LogP contribution in [-0.2, 0) is 9.53 Å². The van der Waals surface area contributed by atoms with Gasteiger partial charge >= 0.3 is 5.97 Å². The van der Waals surface area contributed by atoms with Gasteiger partial charge in [0.2, 0.25) is 0 Å². The van der Waals surface area contributed by atoms with Gasteiger partial charge in [-0.1, -0.05) is 11.6 Å². The molecule has 0 unspecified atom stereocenters. The van der Waals surface area contributed by atoms with Gasteiger partial charge in [-0.15, -0.1) is 0 Å². The number of phenolic OH excluding ortho intramolecular Hbond substituents is 1. The van der Waals surface area contributed by atoms with Crippen LogP contribution in [0.15, 0.2) is 12.1 Å². The quantitative estimate of drug-likeness (QED) is 0.503. The number of rotatable bonds is 3. The van der Waals surface area contributed by atoms with Gasteiger partial charge in [0.15, 0.2) is 11.6 Å². The molecule has 0 atom stereocenters. The van der Waals surface area contributed by atoms with Crippen molar-refractivity contribution in [2.75, 3.05) is 6.61 Å². The number of hydrogen-bond donors (Lipinski definition) is 1. The lowest BCUT2D eigenvalue weighted by Gasteiger charge is -2.03. The molecule has 1 aromatic carbocycles. The molecule has 16 heavy (non-hydrogen) atoms. The highest BCUT2D eigenvalue weighted by molar-refractivity contribution is 6.41. The lowest BCUT2D eigenvalue weighted by atomic mass is 10.1. The normalized spacial score (nSPS) is 9.94. The number of esters is 1. The summed E-state index contributed by atoms with van der Waals surface area (Å²) in [7, 11) is 0. The summed E-state index contributed by atoms with van der Waals surface area (Å²) < 4.78 is 17.5. The molecular weight excluding hydrogens is 239 g/mol. The van der Waals surface area contributed by atoms with Crippen molar-refractivity contribution in [3.63, 3.8) is 0 Å². The topological polar surface area (TPSA) is 63.6 Å². The van der Waals surface area contributed by atoms with Crippen LogP contribution >= 0.6 is 11.6 Å². The first-order chi connectivity index (χ1) is 7.47. The van der Waals surface area contributed by atoms with E-state index in [1.54, 1.807) is 0 Å². The number of ether oxygens (including phenoxy) is 1. The Balaban J connectivity index is 3.06. The van der Waals surface area contributed by atoms with Crippen molar-refractivity contribution in [3.8, 4) is 5.75 Å². The molecule has 4 nitrogen and oxygen atoms in total. The fourth-order valence-electron chi connectivity index (χ4n) is 1.01. The molecule has 0 amide bonds. The molecule has 86 valence electrons. The Hall–Kier alpha value is -1.62. The molecule has 0 saturated heterocycles. The second kappa shape index (κ2) is 4.94. The molecule has 6 heteroatoms. The van der Waals surface area contributed by atoms with E-state index in [2.05, 4.69) is 4.74 Å². The Morgan fingerprint density at radius 1 is 1.50 bits per heavy atom. The Labute approximate surface area is 95.6 Å². The first-order valence-electron chi connectivity index (χ1n) is 4.36. The van der Waals surface area contributed by atoms with Crippen LogP contribution in [0.1, 0.15) is 17.3 Å². The van der Waals surface area contributed by atoms with Crippen molar-refractivity contribution in [3.05, 3.63) is 28.5 Å². The number of halogens is 2. The van der Waals surface area contributed by atoms with Gasteiger partial charge in [0, 0.05) is 5.56 Å². The van der Waals surface area contributed by atoms with Crippen LogP contribution in [0, 0.1) is 5.82 Å². The highest BCUT2D eigenvalue weighted by Gasteiger charge is 2.20. The van der Waals surface area contributed by atoms with Crippen molar-refractivity contribution in [2.45, 2.75) is 6.92 Å². The third-order valence-corrected chi connectivity index (χ3v) is 2.03. The van der Waals surface area contributed by atoms with Crippen LogP contribution in [0.3, 0.4) is 0 Å². The second-order valence-electron chi connectivity index (χ2n) is 2.84. The number of carbonyl (C=O) groups excluding carboxylic acids is 2. The lowest BCUT2D eigenvalue weighted by molar-refractivity contribution is -0.137. The monoisotopic (exact) mass is 246 g/mol. The van der Waals surface area contributed by atoms with Gasteiger partial charge in [-0.3, -0.25) is 4.79 Å².